The number of hydrogen-bond donors (Lipinski definition) is 2. The number of alkyl halides is 2. The molecule has 0 spiro atoms. The maximum Gasteiger partial charge on any atom is 0.410 e. The van der Waals surface area contributed by atoms with E-state index in [2.05, 4.69) is 10.1 Å². The van der Waals surface area contributed by atoms with Crippen molar-refractivity contribution in [2.45, 2.75) is 77.0 Å². The topological polar surface area (TPSA) is 105 Å². The molecular weight excluding hydrogens is 366 g/mol. The fraction of sp³-hybridized carbons (Fsp3) is 0.824. The van der Waals surface area contributed by atoms with E-state index in [1.54, 1.807) is 27.7 Å². The van der Waals surface area contributed by atoms with Gasteiger partial charge in [-0.25, -0.2) is 23.2 Å². The molecule has 1 aliphatic heterocycles. The van der Waals surface area contributed by atoms with E-state index in [9.17, 15) is 23.2 Å². The Balaban J connectivity index is 2.64. The monoisotopic (exact) mass is 394 g/mol. The molecule has 0 aromatic rings. The lowest BCUT2D eigenvalue weighted by atomic mass is 10.0. The lowest BCUT2D eigenvalue weighted by Crippen LogP contribution is -2.42. The second kappa shape index (κ2) is 9.18. The van der Waals surface area contributed by atoms with Crippen LogP contribution in [-0.4, -0.2) is 64.9 Å². The first-order chi connectivity index (χ1) is 12.3. The van der Waals surface area contributed by atoms with Crippen LogP contribution in [0, 0.1) is 0 Å². The van der Waals surface area contributed by atoms with Crippen LogP contribution in [-0.2, 0) is 14.3 Å². The average Bonchev–Trinajstić information content (AvgIpc) is 2.79. The van der Waals surface area contributed by atoms with Crippen molar-refractivity contribution in [3.63, 3.8) is 0 Å². The van der Waals surface area contributed by atoms with Gasteiger partial charge in [-0.1, -0.05) is 0 Å². The van der Waals surface area contributed by atoms with Gasteiger partial charge >= 0.3 is 18.2 Å². The Kier molecular flexibility index (Phi) is 7.79. The SMILES string of the molecule is CCOC(=O)NC(CCC[C@@H]1CC(F)(F)CN1C(=O)OC(C)(C)C)C(=O)O. The molecule has 0 saturated carbocycles. The quantitative estimate of drug-likeness (QED) is 0.688. The van der Waals surface area contributed by atoms with E-state index in [0.717, 1.165) is 4.90 Å². The largest absolute Gasteiger partial charge is 0.480 e. The number of likely N-dealkylation sites (tertiary alicyclic amines) is 1. The summed E-state index contributed by atoms with van der Waals surface area (Å²) in [6.45, 7) is 5.89. The van der Waals surface area contributed by atoms with Gasteiger partial charge in [0.15, 0.2) is 0 Å². The number of nitrogens with zero attached hydrogens (tertiary/aromatic N) is 1. The van der Waals surface area contributed by atoms with E-state index >= 15 is 0 Å². The first-order valence-corrected chi connectivity index (χ1v) is 8.88. The molecule has 0 aromatic heterocycles. The summed E-state index contributed by atoms with van der Waals surface area (Å²) in [6, 6.07) is -1.95. The number of ether oxygens (including phenoxy) is 2. The summed E-state index contributed by atoms with van der Waals surface area (Å²) < 4.78 is 37.4. The smallest absolute Gasteiger partial charge is 0.410 e. The number of halogens is 2. The summed E-state index contributed by atoms with van der Waals surface area (Å²) >= 11 is 0. The number of carboxylic acids is 1. The van der Waals surface area contributed by atoms with Crippen LogP contribution < -0.4 is 5.32 Å². The number of carboxylic acid groups (broad SMARTS) is 1. The van der Waals surface area contributed by atoms with Crippen LogP contribution in [0.4, 0.5) is 18.4 Å². The zero-order valence-corrected chi connectivity index (χ0v) is 16.1. The van der Waals surface area contributed by atoms with Gasteiger partial charge in [0, 0.05) is 12.5 Å². The van der Waals surface area contributed by atoms with Gasteiger partial charge in [0.05, 0.1) is 13.2 Å². The molecule has 1 saturated heterocycles. The molecule has 0 radical (unpaired) electrons. The number of hydrogen-bond acceptors (Lipinski definition) is 5. The van der Waals surface area contributed by atoms with Gasteiger partial charge < -0.3 is 19.9 Å². The molecule has 1 unspecified atom stereocenters. The van der Waals surface area contributed by atoms with Gasteiger partial charge in [-0.3, -0.25) is 4.90 Å². The van der Waals surface area contributed by atoms with Gasteiger partial charge in [0.2, 0.25) is 0 Å². The molecule has 1 aliphatic rings. The van der Waals surface area contributed by atoms with Crippen LogP contribution in [0.3, 0.4) is 0 Å². The Labute approximate surface area is 157 Å². The first-order valence-electron chi connectivity index (χ1n) is 8.88. The first kappa shape index (κ1) is 22.9. The van der Waals surface area contributed by atoms with Crippen molar-refractivity contribution >= 4 is 18.2 Å². The number of alkyl carbamates (subject to hydrolysis) is 1. The van der Waals surface area contributed by atoms with E-state index in [4.69, 9.17) is 9.84 Å². The molecule has 10 heteroatoms. The molecule has 2 atom stereocenters. The number of carbonyl (C=O) groups is 3. The van der Waals surface area contributed by atoms with Crippen LogP contribution in [0.25, 0.3) is 0 Å². The summed E-state index contributed by atoms with van der Waals surface area (Å²) in [6.07, 6.45) is -1.75. The molecule has 2 N–H and O–H groups in total. The van der Waals surface area contributed by atoms with Crippen molar-refractivity contribution in [1.82, 2.24) is 10.2 Å². The van der Waals surface area contributed by atoms with Crippen LogP contribution in [0.1, 0.15) is 53.4 Å². The molecule has 1 fully saturated rings. The van der Waals surface area contributed by atoms with Crippen molar-refractivity contribution < 1.29 is 37.7 Å². The minimum Gasteiger partial charge on any atom is -0.480 e. The van der Waals surface area contributed by atoms with E-state index in [-0.39, 0.29) is 25.9 Å². The maximum atomic E-state index is 13.8. The summed E-state index contributed by atoms with van der Waals surface area (Å²) in [5.74, 6) is -4.26. The zero-order chi connectivity index (χ0) is 20.8. The van der Waals surface area contributed by atoms with Crippen LogP contribution in [0.15, 0.2) is 0 Å². The molecule has 1 rings (SSSR count). The molecule has 1 heterocycles. The van der Waals surface area contributed by atoms with E-state index < -0.39 is 54.7 Å². The number of rotatable bonds is 7. The maximum absolute atomic E-state index is 13.8. The molecule has 8 nitrogen and oxygen atoms in total. The predicted octanol–water partition coefficient (Wildman–Crippen LogP) is 3.00. The normalized spacial score (nSPS) is 20.1. The fourth-order valence-corrected chi connectivity index (χ4v) is 2.82. The zero-order valence-electron chi connectivity index (χ0n) is 16.1. The lowest BCUT2D eigenvalue weighted by Gasteiger charge is -2.28. The van der Waals surface area contributed by atoms with E-state index in [1.807, 2.05) is 0 Å². The van der Waals surface area contributed by atoms with Gasteiger partial charge in [0.1, 0.15) is 11.6 Å². The number of carbonyl (C=O) groups excluding carboxylic acids is 2. The van der Waals surface area contributed by atoms with E-state index in [1.165, 1.54) is 0 Å². The van der Waals surface area contributed by atoms with Crippen molar-refractivity contribution in [3.8, 4) is 0 Å². The molecule has 0 bridgehead atoms. The molecule has 27 heavy (non-hydrogen) atoms. The predicted molar refractivity (Wildman–Crippen MR) is 91.7 cm³/mol. The van der Waals surface area contributed by atoms with Crippen LogP contribution >= 0.6 is 0 Å². The Hall–Kier alpha value is -2.13. The number of amides is 2. The molecular formula is C17H28F2N2O6. The Morgan fingerprint density at radius 3 is 2.48 bits per heavy atom. The van der Waals surface area contributed by atoms with Crippen molar-refractivity contribution in [3.05, 3.63) is 0 Å². The summed E-state index contributed by atoms with van der Waals surface area (Å²) in [7, 11) is 0. The van der Waals surface area contributed by atoms with Gasteiger partial charge in [-0.15, -0.1) is 0 Å². The van der Waals surface area contributed by atoms with Crippen molar-refractivity contribution in [2.75, 3.05) is 13.2 Å². The average molecular weight is 394 g/mol. The summed E-state index contributed by atoms with van der Waals surface area (Å²) in [4.78, 5) is 35.8. The molecule has 0 aromatic carbocycles. The van der Waals surface area contributed by atoms with Crippen LogP contribution in [0.2, 0.25) is 0 Å². The molecule has 0 aliphatic carbocycles. The standard InChI is InChI=1S/C17H28F2N2O6/c1-5-26-14(24)20-12(13(22)23)8-6-7-11-9-17(18,19)10-21(11)15(25)27-16(2,3)4/h11-12H,5-10H2,1-4H3,(H,20,24)(H,22,23)/t11-,12?/m1/s1. The second-order valence-electron chi connectivity index (χ2n) is 7.51. The van der Waals surface area contributed by atoms with Gasteiger partial charge in [0.25, 0.3) is 5.92 Å². The summed E-state index contributed by atoms with van der Waals surface area (Å²) in [5.41, 5.74) is -0.808. The second-order valence-corrected chi connectivity index (χ2v) is 7.51. The number of aliphatic carboxylic acids is 1. The third-order valence-corrected chi connectivity index (χ3v) is 3.90. The highest BCUT2D eigenvalue weighted by molar-refractivity contribution is 5.79. The van der Waals surface area contributed by atoms with E-state index in [0.29, 0.717) is 0 Å². The summed E-state index contributed by atoms with van der Waals surface area (Å²) in [5, 5.41) is 11.4. The van der Waals surface area contributed by atoms with Gasteiger partial charge in [-0.05, 0) is 47.0 Å². The van der Waals surface area contributed by atoms with Crippen LogP contribution in [0.5, 0.6) is 0 Å². The Morgan fingerprint density at radius 2 is 1.96 bits per heavy atom. The third kappa shape index (κ3) is 7.96. The highest BCUT2D eigenvalue weighted by Gasteiger charge is 2.47. The molecule has 2 amide bonds. The van der Waals surface area contributed by atoms with Crippen molar-refractivity contribution in [1.29, 1.82) is 0 Å². The molecule has 156 valence electrons. The minimum absolute atomic E-state index is 0.0262. The fourth-order valence-electron chi connectivity index (χ4n) is 2.82. The third-order valence-electron chi connectivity index (χ3n) is 3.90. The Morgan fingerprint density at radius 1 is 1.33 bits per heavy atom. The lowest BCUT2D eigenvalue weighted by molar-refractivity contribution is -0.139. The van der Waals surface area contributed by atoms with Gasteiger partial charge in [-0.2, -0.15) is 0 Å². The highest BCUT2D eigenvalue weighted by Crippen LogP contribution is 2.35. The Bertz CT molecular complexity index is 550. The highest BCUT2D eigenvalue weighted by atomic mass is 19.3. The number of nitrogens with one attached hydrogen (secondary N) is 1. The minimum atomic E-state index is -3.02. The van der Waals surface area contributed by atoms with Crippen molar-refractivity contribution in [2.24, 2.45) is 0 Å².